The first-order chi connectivity index (χ1) is 12.3. The zero-order valence-corrected chi connectivity index (χ0v) is 14.5. The number of anilines is 3. The van der Waals surface area contributed by atoms with Gasteiger partial charge in [-0.2, -0.15) is 0 Å². The number of nitrogens with two attached hydrogens (primary N) is 1. The van der Waals surface area contributed by atoms with Crippen LogP contribution in [0.5, 0.6) is 0 Å². The number of hydrogen-bond acceptors (Lipinski definition) is 3. The molecule has 0 aliphatic rings. The summed E-state index contributed by atoms with van der Waals surface area (Å²) in [5.74, 6) is 0. The van der Waals surface area contributed by atoms with Gasteiger partial charge in [-0.25, -0.2) is 0 Å². The van der Waals surface area contributed by atoms with Crippen molar-refractivity contribution in [3.8, 4) is 21.6 Å². The van der Waals surface area contributed by atoms with Crippen molar-refractivity contribution in [3.05, 3.63) is 90.3 Å². The Morgan fingerprint density at radius 3 is 2.20 bits per heavy atom. The number of rotatable bonds is 4. The van der Waals surface area contributed by atoms with Crippen LogP contribution in [0.4, 0.5) is 17.1 Å². The molecule has 1 aromatic heterocycles. The minimum atomic E-state index is 0.741. The molecule has 0 unspecified atom stereocenters. The lowest BCUT2D eigenvalue weighted by Crippen LogP contribution is -1.98. The van der Waals surface area contributed by atoms with Gasteiger partial charge in [-0.15, -0.1) is 11.3 Å². The van der Waals surface area contributed by atoms with Gasteiger partial charge in [0.05, 0.1) is 11.4 Å². The number of thiophene rings is 1. The molecule has 25 heavy (non-hydrogen) atoms. The molecule has 3 heteroatoms. The van der Waals surface area contributed by atoms with Gasteiger partial charge in [0.2, 0.25) is 0 Å². The molecular weight excluding hydrogens is 324 g/mol. The Hall–Kier alpha value is -3.04. The van der Waals surface area contributed by atoms with Gasteiger partial charge in [-0.3, -0.25) is 0 Å². The summed E-state index contributed by atoms with van der Waals surface area (Å²) in [5.41, 5.74) is 12.5. The second-order valence-corrected chi connectivity index (χ2v) is 6.73. The standard InChI is InChI=1S/C22H18N2S/c23-18-11-4-5-12-19(18)24-20-13-6-10-17(16-8-2-1-3-9-16)22(20)21-14-7-15-25-21/h1-15,24H,23H2. The first-order valence-corrected chi connectivity index (χ1v) is 9.05. The predicted octanol–water partition coefficient (Wildman–Crippen LogP) is 6.41. The van der Waals surface area contributed by atoms with Gasteiger partial charge in [0, 0.05) is 16.1 Å². The minimum Gasteiger partial charge on any atom is -0.397 e. The van der Waals surface area contributed by atoms with Crippen LogP contribution >= 0.6 is 11.3 Å². The van der Waals surface area contributed by atoms with E-state index in [-0.39, 0.29) is 0 Å². The molecule has 0 bridgehead atoms. The lowest BCUT2D eigenvalue weighted by Gasteiger charge is -2.17. The highest BCUT2D eigenvalue weighted by molar-refractivity contribution is 7.13. The van der Waals surface area contributed by atoms with Crippen LogP contribution in [-0.2, 0) is 0 Å². The molecule has 0 fully saturated rings. The van der Waals surface area contributed by atoms with Crippen LogP contribution in [0.25, 0.3) is 21.6 Å². The van der Waals surface area contributed by atoms with Gasteiger partial charge in [0.25, 0.3) is 0 Å². The molecule has 0 saturated heterocycles. The van der Waals surface area contributed by atoms with E-state index >= 15 is 0 Å². The van der Waals surface area contributed by atoms with Crippen LogP contribution < -0.4 is 11.1 Å². The minimum absolute atomic E-state index is 0.741. The van der Waals surface area contributed by atoms with E-state index in [1.807, 2.05) is 30.3 Å². The molecular formula is C22H18N2S. The third-order valence-electron chi connectivity index (χ3n) is 4.15. The van der Waals surface area contributed by atoms with Crippen molar-refractivity contribution < 1.29 is 0 Å². The van der Waals surface area contributed by atoms with Crippen LogP contribution in [-0.4, -0.2) is 0 Å². The highest BCUT2D eigenvalue weighted by Gasteiger charge is 2.14. The monoisotopic (exact) mass is 342 g/mol. The maximum absolute atomic E-state index is 6.13. The van der Waals surface area contributed by atoms with Gasteiger partial charge in [-0.05, 0) is 40.8 Å². The van der Waals surface area contributed by atoms with Crippen LogP contribution in [0.3, 0.4) is 0 Å². The first kappa shape index (κ1) is 15.5. The van der Waals surface area contributed by atoms with E-state index < -0.39 is 0 Å². The molecule has 0 radical (unpaired) electrons. The molecule has 3 aromatic carbocycles. The van der Waals surface area contributed by atoms with Gasteiger partial charge in [-0.1, -0.05) is 60.7 Å². The van der Waals surface area contributed by atoms with Crippen molar-refractivity contribution in [1.82, 2.24) is 0 Å². The third-order valence-corrected chi connectivity index (χ3v) is 5.03. The van der Waals surface area contributed by atoms with Gasteiger partial charge < -0.3 is 11.1 Å². The van der Waals surface area contributed by atoms with Crippen LogP contribution in [0.2, 0.25) is 0 Å². The quantitative estimate of drug-likeness (QED) is 0.421. The van der Waals surface area contributed by atoms with Crippen molar-refractivity contribution in [2.45, 2.75) is 0 Å². The summed E-state index contributed by atoms with van der Waals surface area (Å²) in [6, 6.07) is 28.9. The molecule has 2 nitrogen and oxygen atoms in total. The third kappa shape index (κ3) is 3.14. The van der Waals surface area contributed by atoms with E-state index in [1.54, 1.807) is 11.3 Å². The van der Waals surface area contributed by atoms with Crippen molar-refractivity contribution in [2.75, 3.05) is 11.1 Å². The smallest absolute Gasteiger partial charge is 0.0618 e. The molecule has 0 spiro atoms. The summed E-state index contributed by atoms with van der Waals surface area (Å²) in [7, 11) is 0. The van der Waals surface area contributed by atoms with E-state index in [0.717, 1.165) is 17.1 Å². The summed E-state index contributed by atoms with van der Waals surface area (Å²) in [4.78, 5) is 1.23. The zero-order valence-electron chi connectivity index (χ0n) is 13.6. The Kier molecular flexibility index (Phi) is 4.23. The van der Waals surface area contributed by atoms with E-state index in [1.165, 1.54) is 21.6 Å². The molecule has 122 valence electrons. The van der Waals surface area contributed by atoms with Gasteiger partial charge in [0.1, 0.15) is 0 Å². The second-order valence-electron chi connectivity index (χ2n) is 5.78. The Balaban J connectivity index is 1.89. The summed E-state index contributed by atoms with van der Waals surface area (Å²) < 4.78 is 0. The zero-order chi connectivity index (χ0) is 17.1. The fraction of sp³-hybridized carbons (Fsp3) is 0. The van der Waals surface area contributed by atoms with Crippen molar-refractivity contribution in [2.24, 2.45) is 0 Å². The fourth-order valence-corrected chi connectivity index (χ4v) is 3.76. The molecule has 1 heterocycles. The molecule has 4 aromatic rings. The summed E-state index contributed by atoms with van der Waals surface area (Å²) in [5, 5.41) is 5.63. The topological polar surface area (TPSA) is 38.0 Å². The van der Waals surface area contributed by atoms with E-state index in [9.17, 15) is 0 Å². The average molecular weight is 342 g/mol. The average Bonchev–Trinajstić information content (AvgIpc) is 3.18. The molecule has 0 aliphatic carbocycles. The van der Waals surface area contributed by atoms with Crippen molar-refractivity contribution >= 4 is 28.4 Å². The first-order valence-electron chi connectivity index (χ1n) is 8.17. The Morgan fingerprint density at radius 1 is 0.680 bits per heavy atom. The van der Waals surface area contributed by atoms with Crippen molar-refractivity contribution in [1.29, 1.82) is 0 Å². The molecule has 0 atom stereocenters. The predicted molar refractivity (Wildman–Crippen MR) is 109 cm³/mol. The van der Waals surface area contributed by atoms with E-state index in [4.69, 9.17) is 5.73 Å². The van der Waals surface area contributed by atoms with Gasteiger partial charge >= 0.3 is 0 Å². The molecule has 0 amide bonds. The lowest BCUT2D eigenvalue weighted by molar-refractivity contribution is 1.53. The van der Waals surface area contributed by atoms with Crippen LogP contribution in [0.15, 0.2) is 90.3 Å². The normalized spacial score (nSPS) is 10.6. The number of nitrogen functional groups attached to an aromatic ring is 1. The SMILES string of the molecule is Nc1ccccc1Nc1cccc(-c2ccccc2)c1-c1cccs1. The fourth-order valence-electron chi connectivity index (χ4n) is 2.96. The van der Waals surface area contributed by atoms with E-state index in [2.05, 4.69) is 65.3 Å². The van der Waals surface area contributed by atoms with Crippen LogP contribution in [0, 0.1) is 0 Å². The number of benzene rings is 3. The summed E-state index contributed by atoms with van der Waals surface area (Å²) in [6.07, 6.45) is 0. The number of hydrogen-bond donors (Lipinski definition) is 2. The van der Waals surface area contributed by atoms with E-state index in [0.29, 0.717) is 0 Å². The summed E-state index contributed by atoms with van der Waals surface area (Å²) >= 11 is 1.74. The van der Waals surface area contributed by atoms with Gasteiger partial charge in [0.15, 0.2) is 0 Å². The van der Waals surface area contributed by atoms with Crippen molar-refractivity contribution in [3.63, 3.8) is 0 Å². The lowest BCUT2D eigenvalue weighted by atomic mass is 9.97. The number of nitrogens with one attached hydrogen (secondary N) is 1. The maximum Gasteiger partial charge on any atom is 0.0618 e. The highest BCUT2D eigenvalue weighted by atomic mass is 32.1. The Labute approximate surface area is 151 Å². The largest absolute Gasteiger partial charge is 0.397 e. The second kappa shape index (κ2) is 6.83. The highest BCUT2D eigenvalue weighted by Crippen LogP contribution is 2.41. The Morgan fingerprint density at radius 2 is 1.44 bits per heavy atom. The molecule has 0 saturated carbocycles. The number of para-hydroxylation sites is 2. The molecule has 4 rings (SSSR count). The Bertz CT molecular complexity index is 976. The molecule has 0 aliphatic heterocycles. The maximum atomic E-state index is 6.13. The molecule has 3 N–H and O–H groups in total. The summed E-state index contributed by atoms with van der Waals surface area (Å²) in [6.45, 7) is 0. The van der Waals surface area contributed by atoms with Crippen LogP contribution in [0.1, 0.15) is 0 Å².